The number of methoxy groups -OCH3 is 1. The summed E-state index contributed by atoms with van der Waals surface area (Å²) >= 11 is 6.62. The van der Waals surface area contributed by atoms with Crippen LogP contribution in [0, 0.1) is 5.41 Å². The molecular formula is C16H18ClNO. The molecule has 1 aromatic carbocycles. The highest BCUT2D eigenvalue weighted by Gasteiger charge is 2.29. The third-order valence-corrected chi connectivity index (χ3v) is 4.44. The maximum atomic E-state index is 6.62. The van der Waals surface area contributed by atoms with E-state index >= 15 is 0 Å². The highest BCUT2D eigenvalue weighted by atomic mass is 35.5. The Morgan fingerprint density at radius 2 is 2.11 bits per heavy atom. The molecule has 0 aliphatic heterocycles. The quantitative estimate of drug-likeness (QED) is 0.769. The number of aryl methyl sites for hydroxylation is 1. The van der Waals surface area contributed by atoms with Crippen molar-refractivity contribution in [3.05, 3.63) is 34.5 Å². The van der Waals surface area contributed by atoms with Gasteiger partial charge >= 0.3 is 0 Å². The van der Waals surface area contributed by atoms with Gasteiger partial charge in [0.25, 0.3) is 0 Å². The molecule has 1 heterocycles. The molecular weight excluding hydrogens is 258 g/mol. The van der Waals surface area contributed by atoms with Gasteiger partial charge in [-0.1, -0.05) is 37.6 Å². The molecule has 0 N–H and O–H groups in total. The van der Waals surface area contributed by atoms with E-state index in [1.807, 2.05) is 18.2 Å². The van der Waals surface area contributed by atoms with Gasteiger partial charge in [0, 0.05) is 11.1 Å². The first-order valence-corrected chi connectivity index (χ1v) is 7.03. The second-order valence-electron chi connectivity index (χ2n) is 6.05. The first-order valence-electron chi connectivity index (χ1n) is 6.66. The maximum absolute atomic E-state index is 6.62. The van der Waals surface area contributed by atoms with Gasteiger partial charge in [-0.15, -0.1) is 0 Å². The van der Waals surface area contributed by atoms with Crippen LogP contribution < -0.4 is 4.74 Å². The minimum absolute atomic E-state index is 0.310. The van der Waals surface area contributed by atoms with Crippen molar-refractivity contribution < 1.29 is 4.74 Å². The minimum Gasteiger partial charge on any atom is -0.494 e. The summed E-state index contributed by atoms with van der Waals surface area (Å²) in [5.41, 5.74) is 3.55. The fourth-order valence-electron chi connectivity index (χ4n) is 2.88. The Balaban J connectivity index is 2.28. The lowest BCUT2D eigenvalue weighted by Crippen LogP contribution is -2.23. The molecule has 0 amide bonds. The Hall–Kier alpha value is -1.28. The number of aromatic nitrogens is 1. The number of hydrogen-bond donors (Lipinski definition) is 0. The Labute approximate surface area is 118 Å². The van der Waals surface area contributed by atoms with Crippen molar-refractivity contribution >= 4 is 22.5 Å². The summed E-state index contributed by atoms with van der Waals surface area (Å²) in [6.45, 7) is 4.59. The van der Waals surface area contributed by atoms with E-state index in [9.17, 15) is 0 Å². The van der Waals surface area contributed by atoms with Crippen LogP contribution in [0.5, 0.6) is 5.75 Å². The monoisotopic (exact) mass is 275 g/mol. The molecule has 3 heteroatoms. The van der Waals surface area contributed by atoms with Crippen LogP contribution in [0.15, 0.2) is 18.2 Å². The summed E-state index contributed by atoms with van der Waals surface area (Å²) in [5.74, 6) is 0.798. The summed E-state index contributed by atoms with van der Waals surface area (Å²) in [6, 6.07) is 5.93. The number of nitrogens with zero attached hydrogens (tertiary/aromatic N) is 1. The second-order valence-corrected chi connectivity index (χ2v) is 6.43. The van der Waals surface area contributed by atoms with E-state index < -0.39 is 0 Å². The van der Waals surface area contributed by atoms with Crippen LogP contribution >= 0.6 is 11.6 Å². The summed E-state index contributed by atoms with van der Waals surface area (Å²) in [4.78, 5) is 4.80. The summed E-state index contributed by atoms with van der Waals surface area (Å²) in [6.07, 6.45) is 3.15. The number of rotatable bonds is 1. The van der Waals surface area contributed by atoms with Crippen molar-refractivity contribution in [3.8, 4) is 5.75 Å². The number of hydrogen-bond acceptors (Lipinski definition) is 2. The minimum atomic E-state index is 0.310. The highest BCUT2D eigenvalue weighted by molar-refractivity contribution is 6.36. The molecule has 2 aromatic rings. The number of fused-ring (bicyclic) bond motifs is 2. The molecule has 0 spiro atoms. The average molecular weight is 276 g/mol. The van der Waals surface area contributed by atoms with Gasteiger partial charge in [-0.05, 0) is 36.3 Å². The second kappa shape index (κ2) is 4.38. The van der Waals surface area contributed by atoms with E-state index in [1.54, 1.807) is 7.11 Å². The standard InChI is InChI=1S/C16H18ClNO/c1-16(2)8-7-12-11(9-16)14(17)10-5-4-6-13(19-3)15(10)18-12/h4-6H,7-9H2,1-3H3. The van der Waals surface area contributed by atoms with Crippen molar-refractivity contribution in [1.29, 1.82) is 0 Å². The summed E-state index contributed by atoms with van der Waals surface area (Å²) in [5, 5.41) is 1.85. The molecule has 0 radical (unpaired) electrons. The van der Waals surface area contributed by atoms with Crippen molar-refractivity contribution in [1.82, 2.24) is 4.98 Å². The normalized spacial score (nSPS) is 17.3. The van der Waals surface area contributed by atoms with Gasteiger partial charge < -0.3 is 4.74 Å². The largest absolute Gasteiger partial charge is 0.494 e. The van der Waals surface area contributed by atoms with E-state index in [0.717, 1.165) is 46.6 Å². The van der Waals surface area contributed by atoms with Crippen molar-refractivity contribution in [2.24, 2.45) is 5.41 Å². The smallest absolute Gasteiger partial charge is 0.145 e. The molecule has 0 bridgehead atoms. The van der Waals surface area contributed by atoms with E-state index in [0.29, 0.717) is 5.41 Å². The van der Waals surface area contributed by atoms with Crippen LogP contribution in [-0.4, -0.2) is 12.1 Å². The number of para-hydroxylation sites is 1. The molecule has 0 fully saturated rings. The van der Waals surface area contributed by atoms with Crippen LogP contribution in [0.1, 0.15) is 31.5 Å². The molecule has 0 saturated carbocycles. The average Bonchev–Trinajstić information content (AvgIpc) is 2.39. The molecule has 1 aromatic heterocycles. The molecule has 100 valence electrons. The lowest BCUT2D eigenvalue weighted by molar-refractivity contribution is 0.313. The molecule has 0 atom stereocenters. The molecule has 1 aliphatic carbocycles. The van der Waals surface area contributed by atoms with Crippen molar-refractivity contribution in [2.75, 3.05) is 7.11 Å². The van der Waals surface area contributed by atoms with Crippen LogP contribution in [0.3, 0.4) is 0 Å². The first-order chi connectivity index (χ1) is 9.02. The number of halogens is 1. The Kier molecular flexibility index (Phi) is 2.94. The van der Waals surface area contributed by atoms with E-state index in [1.165, 1.54) is 5.56 Å². The first kappa shape index (κ1) is 12.7. The highest BCUT2D eigenvalue weighted by Crippen LogP contribution is 2.41. The molecule has 0 saturated heterocycles. The van der Waals surface area contributed by atoms with Gasteiger partial charge in [-0.2, -0.15) is 0 Å². The molecule has 1 aliphatic rings. The lowest BCUT2D eigenvalue weighted by atomic mass is 9.76. The van der Waals surface area contributed by atoms with Gasteiger partial charge in [0.2, 0.25) is 0 Å². The van der Waals surface area contributed by atoms with Gasteiger partial charge in [0.05, 0.1) is 12.1 Å². The zero-order valence-corrected chi connectivity index (χ0v) is 12.3. The Morgan fingerprint density at radius 3 is 2.84 bits per heavy atom. The lowest BCUT2D eigenvalue weighted by Gasteiger charge is -2.31. The van der Waals surface area contributed by atoms with E-state index in [-0.39, 0.29) is 0 Å². The van der Waals surface area contributed by atoms with Crippen LogP contribution in [0.2, 0.25) is 5.02 Å². The Morgan fingerprint density at radius 1 is 1.32 bits per heavy atom. The van der Waals surface area contributed by atoms with Crippen LogP contribution in [0.4, 0.5) is 0 Å². The molecule has 19 heavy (non-hydrogen) atoms. The summed E-state index contributed by atoms with van der Waals surface area (Å²) in [7, 11) is 1.67. The third-order valence-electron chi connectivity index (χ3n) is 4.01. The molecule has 0 unspecified atom stereocenters. The maximum Gasteiger partial charge on any atom is 0.145 e. The predicted molar refractivity (Wildman–Crippen MR) is 79.1 cm³/mol. The van der Waals surface area contributed by atoms with Gasteiger partial charge in [-0.3, -0.25) is 0 Å². The molecule has 3 rings (SSSR count). The summed E-state index contributed by atoms with van der Waals surface area (Å²) < 4.78 is 5.39. The van der Waals surface area contributed by atoms with Gasteiger partial charge in [-0.25, -0.2) is 4.98 Å². The zero-order chi connectivity index (χ0) is 13.6. The topological polar surface area (TPSA) is 22.1 Å². The van der Waals surface area contributed by atoms with Crippen molar-refractivity contribution in [2.45, 2.75) is 33.1 Å². The zero-order valence-electron chi connectivity index (χ0n) is 11.6. The van der Waals surface area contributed by atoms with E-state index in [4.69, 9.17) is 21.3 Å². The van der Waals surface area contributed by atoms with Crippen LogP contribution in [-0.2, 0) is 12.8 Å². The SMILES string of the molecule is COc1cccc2c(Cl)c3c(nc12)CCC(C)(C)C3. The van der Waals surface area contributed by atoms with Crippen molar-refractivity contribution in [3.63, 3.8) is 0 Å². The number of benzene rings is 1. The van der Waals surface area contributed by atoms with Crippen LogP contribution in [0.25, 0.3) is 10.9 Å². The van der Waals surface area contributed by atoms with Gasteiger partial charge in [0.15, 0.2) is 0 Å². The fourth-order valence-corrected chi connectivity index (χ4v) is 3.21. The number of pyridine rings is 1. The van der Waals surface area contributed by atoms with E-state index in [2.05, 4.69) is 13.8 Å². The molecule has 2 nitrogen and oxygen atoms in total. The fraction of sp³-hybridized carbons (Fsp3) is 0.438. The Bertz CT molecular complexity index is 649. The third kappa shape index (κ3) is 2.08. The van der Waals surface area contributed by atoms with Gasteiger partial charge in [0.1, 0.15) is 11.3 Å². The number of ether oxygens (including phenoxy) is 1. The predicted octanol–water partition coefficient (Wildman–Crippen LogP) is 4.41.